The zero-order valence-corrected chi connectivity index (χ0v) is 19.8. The molecule has 0 radical (unpaired) electrons. The first-order valence-corrected chi connectivity index (χ1v) is 12.3. The summed E-state index contributed by atoms with van der Waals surface area (Å²) >= 11 is 0. The topological polar surface area (TPSA) is 46.5 Å². The fraction of sp³-hybridized carbons (Fsp3) is 0.667. The van der Waals surface area contributed by atoms with Crippen LogP contribution in [-0.4, -0.2) is 30.5 Å². The summed E-state index contributed by atoms with van der Waals surface area (Å²) in [5, 5.41) is 9.41. The second-order valence-corrected chi connectivity index (χ2v) is 9.60. The monoisotopic (exact) mass is 468 g/mol. The fourth-order valence-electron chi connectivity index (χ4n) is 4.82. The van der Waals surface area contributed by atoms with E-state index in [-0.39, 0.29) is 19.0 Å². The largest absolute Gasteiger partial charge is 0.462 e. The van der Waals surface area contributed by atoms with Crippen molar-refractivity contribution in [1.29, 1.82) is 0 Å². The molecular formula is C27H39F3O3. The Hall–Kier alpha value is -1.82. The highest BCUT2D eigenvalue weighted by Crippen LogP contribution is 2.39. The SMILES string of the molecule is C=C(C)C(=O)OCCC(CCO)CC1CCC(c2ccc(CCCCC(F)(F)F)cc2)CC1. The summed E-state index contributed by atoms with van der Waals surface area (Å²) in [6.45, 7) is 5.75. The highest BCUT2D eigenvalue weighted by atomic mass is 19.4. The molecule has 0 heterocycles. The molecule has 1 aromatic rings. The molecule has 1 aromatic carbocycles. The number of carbonyl (C=O) groups is 1. The fourth-order valence-corrected chi connectivity index (χ4v) is 4.82. The summed E-state index contributed by atoms with van der Waals surface area (Å²) in [6, 6.07) is 8.43. The van der Waals surface area contributed by atoms with Gasteiger partial charge in [0.25, 0.3) is 0 Å². The lowest BCUT2D eigenvalue weighted by Crippen LogP contribution is -2.19. The third kappa shape index (κ3) is 10.8. The average Bonchev–Trinajstić information content (AvgIpc) is 2.77. The van der Waals surface area contributed by atoms with Gasteiger partial charge in [0, 0.05) is 18.6 Å². The molecule has 0 aliphatic heterocycles. The molecule has 3 nitrogen and oxygen atoms in total. The number of hydrogen-bond donors (Lipinski definition) is 1. The van der Waals surface area contributed by atoms with Gasteiger partial charge in [-0.15, -0.1) is 0 Å². The van der Waals surface area contributed by atoms with Crippen molar-refractivity contribution < 1.29 is 27.8 Å². The van der Waals surface area contributed by atoms with E-state index >= 15 is 0 Å². The molecule has 1 N–H and O–H groups in total. The van der Waals surface area contributed by atoms with Gasteiger partial charge >= 0.3 is 12.1 Å². The molecular weight excluding hydrogens is 429 g/mol. The third-order valence-electron chi connectivity index (χ3n) is 6.79. The molecule has 186 valence electrons. The summed E-state index contributed by atoms with van der Waals surface area (Å²) in [4.78, 5) is 11.6. The summed E-state index contributed by atoms with van der Waals surface area (Å²) in [6.07, 6.45) is 3.79. The molecule has 6 heteroatoms. The predicted octanol–water partition coefficient (Wildman–Crippen LogP) is 7.13. The van der Waals surface area contributed by atoms with E-state index in [4.69, 9.17) is 4.74 Å². The molecule has 0 saturated heterocycles. The van der Waals surface area contributed by atoms with Gasteiger partial charge in [0.15, 0.2) is 0 Å². The van der Waals surface area contributed by atoms with Crippen LogP contribution < -0.4 is 0 Å². The summed E-state index contributed by atoms with van der Waals surface area (Å²) in [5.41, 5.74) is 2.83. The maximum Gasteiger partial charge on any atom is 0.389 e. The summed E-state index contributed by atoms with van der Waals surface area (Å²) in [7, 11) is 0. The van der Waals surface area contributed by atoms with E-state index in [1.165, 1.54) is 5.56 Å². The van der Waals surface area contributed by atoms with Crippen molar-refractivity contribution in [3.8, 4) is 0 Å². The van der Waals surface area contributed by atoms with Gasteiger partial charge in [-0.05, 0) is 100 Å². The maximum absolute atomic E-state index is 12.3. The van der Waals surface area contributed by atoms with Gasteiger partial charge in [-0.2, -0.15) is 13.2 Å². The Bertz CT molecular complexity index is 719. The van der Waals surface area contributed by atoms with Crippen LogP contribution in [0.2, 0.25) is 0 Å². The second kappa shape index (κ2) is 13.8. The van der Waals surface area contributed by atoms with Gasteiger partial charge in [-0.3, -0.25) is 0 Å². The van der Waals surface area contributed by atoms with Crippen LogP contribution in [0.4, 0.5) is 13.2 Å². The number of unbranched alkanes of at least 4 members (excludes halogenated alkanes) is 1. The van der Waals surface area contributed by atoms with Crippen LogP contribution in [0.15, 0.2) is 36.4 Å². The van der Waals surface area contributed by atoms with E-state index in [1.807, 2.05) is 0 Å². The minimum atomic E-state index is -4.06. The number of carbonyl (C=O) groups excluding carboxylic acids is 1. The van der Waals surface area contributed by atoms with Crippen molar-refractivity contribution in [2.75, 3.05) is 13.2 Å². The third-order valence-corrected chi connectivity index (χ3v) is 6.79. The standard InChI is InChI=1S/C27H39F3O3/c1-20(2)26(32)33-18-15-23(14-17-31)19-22-8-12-25(13-9-22)24-10-6-21(7-11-24)5-3-4-16-27(28,29)30/h6-7,10-11,22-23,25,31H,1,3-5,8-9,12-19H2,2H3. The van der Waals surface area contributed by atoms with Crippen molar-refractivity contribution in [3.63, 3.8) is 0 Å². The van der Waals surface area contributed by atoms with Crippen molar-refractivity contribution in [1.82, 2.24) is 0 Å². The van der Waals surface area contributed by atoms with E-state index in [1.54, 1.807) is 6.92 Å². The molecule has 1 aliphatic carbocycles. The van der Waals surface area contributed by atoms with Crippen LogP contribution in [0, 0.1) is 11.8 Å². The number of aliphatic hydroxyl groups is 1. The smallest absolute Gasteiger partial charge is 0.389 e. The van der Waals surface area contributed by atoms with Crippen LogP contribution in [0.25, 0.3) is 0 Å². The zero-order valence-electron chi connectivity index (χ0n) is 19.8. The van der Waals surface area contributed by atoms with Gasteiger partial charge in [0.2, 0.25) is 0 Å². The van der Waals surface area contributed by atoms with Gasteiger partial charge < -0.3 is 9.84 Å². The predicted molar refractivity (Wildman–Crippen MR) is 125 cm³/mol. The number of aryl methyl sites for hydroxylation is 1. The molecule has 0 bridgehead atoms. The lowest BCUT2D eigenvalue weighted by atomic mass is 9.75. The number of esters is 1. The van der Waals surface area contributed by atoms with Crippen LogP contribution in [-0.2, 0) is 16.0 Å². The van der Waals surface area contributed by atoms with Crippen molar-refractivity contribution >= 4 is 5.97 Å². The number of benzene rings is 1. The van der Waals surface area contributed by atoms with Crippen molar-refractivity contribution in [2.24, 2.45) is 11.8 Å². The van der Waals surface area contributed by atoms with Crippen molar-refractivity contribution in [3.05, 3.63) is 47.5 Å². The number of alkyl halides is 3. The first kappa shape index (κ1) is 27.4. The zero-order chi connectivity index (χ0) is 24.3. The summed E-state index contributed by atoms with van der Waals surface area (Å²) < 4.78 is 42.0. The van der Waals surface area contributed by atoms with E-state index in [0.717, 1.165) is 50.5 Å². The average molecular weight is 469 g/mol. The molecule has 1 atom stereocenters. The number of aliphatic hydroxyl groups excluding tert-OH is 1. The highest BCUT2D eigenvalue weighted by Gasteiger charge is 2.26. The molecule has 1 saturated carbocycles. The first-order valence-electron chi connectivity index (χ1n) is 12.3. The van der Waals surface area contributed by atoms with E-state index in [9.17, 15) is 23.1 Å². The number of halogens is 3. The molecule has 1 fully saturated rings. The molecule has 0 aromatic heterocycles. The van der Waals surface area contributed by atoms with Crippen molar-refractivity contribution in [2.45, 2.75) is 89.6 Å². The van der Waals surface area contributed by atoms with E-state index in [0.29, 0.717) is 42.8 Å². The molecule has 1 aliphatic rings. The Morgan fingerprint density at radius 3 is 2.36 bits per heavy atom. The second-order valence-electron chi connectivity index (χ2n) is 9.60. The Kier molecular flexibility index (Phi) is 11.5. The maximum atomic E-state index is 12.3. The lowest BCUT2D eigenvalue weighted by molar-refractivity contribution is -0.139. The molecule has 2 rings (SSSR count). The minimum absolute atomic E-state index is 0.150. The minimum Gasteiger partial charge on any atom is -0.462 e. The molecule has 1 unspecified atom stereocenters. The number of hydrogen-bond acceptors (Lipinski definition) is 3. The van der Waals surface area contributed by atoms with Gasteiger partial charge in [-0.1, -0.05) is 30.8 Å². The molecule has 33 heavy (non-hydrogen) atoms. The molecule has 0 amide bonds. The Balaban J connectivity index is 1.73. The van der Waals surface area contributed by atoms with E-state index in [2.05, 4.69) is 30.8 Å². The van der Waals surface area contributed by atoms with Crippen LogP contribution >= 0.6 is 0 Å². The highest BCUT2D eigenvalue weighted by molar-refractivity contribution is 5.86. The number of ether oxygens (including phenoxy) is 1. The normalized spacial score (nSPS) is 19.8. The first-order chi connectivity index (χ1) is 15.7. The molecule has 0 spiro atoms. The Labute approximate surface area is 196 Å². The van der Waals surface area contributed by atoms with Gasteiger partial charge in [0.1, 0.15) is 0 Å². The van der Waals surface area contributed by atoms with Gasteiger partial charge in [0.05, 0.1) is 6.61 Å². The Morgan fingerprint density at radius 2 is 1.79 bits per heavy atom. The van der Waals surface area contributed by atoms with Crippen LogP contribution in [0.3, 0.4) is 0 Å². The number of rotatable bonds is 13. The van der Waals surface area contributed by atoms with E-state index < -0.39 is 12.6 Å². The Morgan fingerprint density at radius 1 is 1.12 bits per heavy atom. The lowest BCUT2D eigenvalue weighted by Gasteiger charge is -2.31. The van der Waals surface area contributed by atoms with Gasteiger partial charge in [-0.25, -0.2) is 4.79 Å². The summed E-state index contributed by atoms with van der Waals surface area (Å²) in [5.74, 6) is 1.16. The van der Waals surface area contributed by atoms with Crippen LogP contribution in [0.1, 0.15) is 88.2 Å². The quantitative estimate of drug-likeness (QED) is 0.190. The van der Waals surface area contributed by atoms with Crippen LogP contribution in [0.5, 0.6) is 0 Å².